The van der Waals surface area contributed by atoms with E-state index in [0.29, 0.717) is 6.54 Å². The number of nitrogens with one attached hydrogen (secondary N) is 1. The lowest BCUT2D eigenvalue weighted by Crippen LogP contribution is -2.15. The topological polar surface area (TPSA) is 50.9 Å². The van der Waals surface area contributed by atoms with E-state index in [9.17, 15) is 0 Å². The highest BCUT2D eigenvalue weighted by atomic mass is 14.8. The molecule has 0 saturated carbocycles. The first kappa shape index (κ1) is 8.74. The Kier molecular flexibility index (Phi) is 3.29. The molecule has 0 bridgehead atoms. The average Bonchev–Trinajstić information content (AvgIpc) is 2.06. The summed E-state index contributed by atoms with van der Waals surface area (Å²) < 4.78 is 0. The molecule has 0 spiro atoms. The summed E-state index contributed by atoms with van der Waals surface area (Å²) in [6, 6.07) is 3.86. The van der Waals surface area contributed by atoms with E-state index in [2.05, 4.69) is 10.3 Å². The predicted octanol–water partition coefficient (Wildman–Crippen LogP) is 0.601. The van der Waals surface area contributed by atoms with Crippen LogP contribution in [0.1, 0.15) is 5.56 Å². The van der Waals surface area contributed by atoms with Crippen LogP contribution in [0.4, 0.5) is 0 Å². The molecule has 0 aliphatic carbocycles. The summed E-state index contributed by atoms with van der Waals surface area (Å²) in [6.07, 6.45) is 5.43. The van der Waals surface area contributed by atoms with Crippen molar-refractivity contribution < 1.29 is 0 Å². The van der Waals surface area contributed by atoms with Crippen molar-refractivity contribution >= 4 is 6.08 Å². The van der Waals surface area contributed by atoms with Gasteiger partial charge in [-0.3, -0.25) is 4.98 Å². The Bertz CT molecular complexity index is 254. The lowest BCUT2D eigenvalue weighted by atomic mass is 10.2. The molecule has 1 rings (SSSR count). The summed E-state index contributed by atoms with van der Waals surface area (Å²) in [5, 5.41) is 2.97. The monoisotopic (exact) mass is 163 g/mol. The van der Waals surface area contributed by atoms with Gasteiger partial charge in [-0.1, -0.05) is 6.07 Å². The minimum Gasteiger partial charge on any atom is -0.401 e. The molecule has 0 fully saturated rings. The summed E-state index contributed by atoms with van der Waals surface area (Å²) in [5.74, 6) is 0. The van der Waals surface area contributed by atoms with Gasteiger partial charge in [-0.25, -0.2) is 0 Å². The number of aromatic nitrogens is 1. The van der Waals surface area contributed by atoms with Crippen LogP contribution in [-0.4, -0.2) is 18.6 Å². The van der Waals surface area contributed by atoms with Crippen LogP contribution >= 0.6 is 0 Å². The number of pyridine rings is 1. The SMILES string of the molecule is CNC/C(N)=C/c1cccnc1. The molecule has 0 radical (unpaired) electrons. The molecule has 0 amide bonds. The molecular weight excluding hydrogens is 150 g/mol. The predicted molar refractivity (Wildman–Crippen MR) is 50.3 cm³/mol. The fraction of sp³-hybridized carbons (Fsp3) is 0.222. The van der Waals surface area contributed by atoms with E-state index in [4.69, 9.17) is 5.73 Å². The molecule has 3 N–H and O–H groups in total. The van der Waals surface area contributed by atoms with Crippen molar-refractivity contribution in [3.8, 4) is 0 Å². The molecule has 1 aromatic rings. The third kappa shape index (κ3) is 2.72. The van der Waals surface area contributed by atoms with Gasteiger partial charge < -0.3 is 11.1 Å². The normalized spacial score (nSPS) is 11.6. The Morgan fingerprint density at radius 1 is 1.75 bits per heavy atom. The Morgan fingerprint density at radius 3 is 3.17 bits per heavy atom. The Labute approximate surface area is 72.3 Å². The van der Waals surface area contributed by atoms with Crippen LogP contribution in [0.15, 0.2) is 30.2 Å². The first-order valence-corrected chi connectivity index (χ1v) is 3.83. The van der Waals surface area contributed by atoms with Crippen LogP contribution in [0.25, 0.3) is 6.08 Å². The summed E-state index contributed by atoms with van der Waals surface area (Å²) >= 11 is 0. The Balaban J connectivity index is 2.67. The molecule has 0 saturated heterocycles. The number of nitrogens with zero attached hydrogens (tertiary/aromatic N) is 1. The van der Waals surface area contributed by atoms with Gasteiger partial charge in [-0.2, -0.15) is 0 Å². The van der Waals surface area contributed by atoms with Gasteiger partial charge in [0, 0.05) is 24.6 Å². The average molecular weight is 163 g/mol. The maximum atomic E-state index is 5.69. The van der Waals surface area contributed by atoms with Crippen molar-refractivity contribution in [2.24, 2.45) is 5.73 Å². The fourth-order valence-corrected chi connectivity index (χ4v) is 0.931. The largest absolute Gasteiger partial charge is 0.401 e. The second-order valence-electron chi connectivity index (χ2n) is 2.54. The van der Waals surface area contributed by atoms with E-state index in [-0.39, 0.29) is 0 Å². The minimum atomic E-state index is 0.703. The van der Waals surface area contributed by atoms with Crippen molar-refractivity contribution in [3.63, 3.8) is 0 Å². The van der Waals surface area contributed by atoms with Crippen molar-refractivity contribution in [1.82, 2.24) is 10.3 Å². The zero-order valence-corrected chi connectivity index (χ0v) is 7.12. The highest BCUT2D eigenvalue weighted by Crippen LogP contribution is 1.99. The second kappa shape index (κ2) is 4.51. The number of nitrogens with two attached hydrogens (primary N) is 1. The number of hydrogen-bond donors (Lipinski definition) is 2. The standard InChI is InChI=1S/C9H13N3/c1-11-7-9(10)5-8-3-2-4-12-6-8/h2-6,11H,7,10H2,1H3/b9-5-. The summed E-state index contributed by atoms with van der Waals surface area (Å²) in [7, 11) is 1.87. The maximum absolute atomic E-state index is 5.69. The van der Waals surface area contributed by atoms with Crippen molar-refractivity contribution in [3.05, 3.63) is 35.8 Å². The van der Waals surface area contributed by atoms with Crippen molar-refractivity contribution in [2.75, 3.05) is 13.6 Å². The van der Waals surface area contributed by atoms with Gasteiger partial charge in [-0.05, 0) is 24.8 Å². The molecule has 12 heavy (non-hydrogen) atoms. The van der Waals surface area contributed by atoms with Gasteiger partial charge in [0.25, 0.3) is 0 Å². The second-order valence-corrected chi connectivity index (χ2v) is 2.54. The Morgan fingerprint density at radius 2 is 2.58 bits per heavy atom. The van der Waals surface area contributed by atoms with Crippen LogP contribution in [-0.2, 0) is 0 Å². The third-order valence-corrected chi connectivity index (χ3v) is 1.42. The quantitative estimate of drug-likeness (QED) is 0.686. The van der Waals surface area contributed by atoms with E-state index >= 15 is 0 Å². The van der Waals surface area contributed by atoms with Gasteiger partial charge in [0.15, 0.2) is 0 Å². The molecule has 0 atom stereocenters. The number of likely N-dealkylation sites (N-methyl/N-ethyl adjacent to an activating group) is 1. The first-order chi connectivity index (χ1) is 5.83. The summed E-state index contributed by atoms with van der Waals surface area (Å²) in [4.78, 5) is 3.98. The number of rotatable bonds is 3. The van der Waals surface area contributed by atoms with E-state index in [0.717, 1.165) is 11.3 Å². The molecule has 0 unspecified atom stereocenters. The zero-order chi connectivity index (χ0) is 8.81. The molecule has 1 heterocycles. The minimum absolute atomic E-state index is 0.703. The van der Waals surface area contributed by atoms with Gasteiger partial charge in [0.2, 0.25) is 0 Å². The van der Waals surface area contributed by atoms with Crippen molar-refractivity contribution in [2.45, 2.75) is 0 Å². The highest BCUT2D eigenvalue weighted by molar-refractivity contribution is 5.50. The van der Waals surface area contributed by atoms with Gasteiger partial charge in [0.05, 0.1) is 0 Å². The smallest absolute Gasteiger partial charge is 0.0349 e. The maximum Gasteiger partial charge on any atom is 0.0349 e. The third-order valence-electron chi connectivity index (χ3n) is 1.42. The molecule has 64 valence electrons. The molecular formula is C9H13N3. The van der Waals surface area contributed by atoms with Crippen molar-refractivity contribution in [1.29, 1.82) is 0 Å². The Hall–Kier alpha value is -1.35. The number of hydrogen-bond acceptors (Lipinski definition) is 3. The fourth-order valence-electron chi connectivity index (χ4n) is 0.931. The van der Waals surface area contributed by atoms with E-state index in [1.165, 1.54) is 0 Å². The van der Waals surface area contributed by atoms with E-state index in [1.54, 1.807) is 12.4 Å². The molecule has 3 heteroatoms. The highest BCUT2D eigenvalue weighted by Gasteiger charge is 1.88. The zero-order valence-electron chi connectivity index (χ0n) is 7.12. The van der Waals surface area contributed by atoms with Crippen LogP contribution in [0, 0.1) is 0 Å². The molecule has 0 aliphatic heterocycles. The molecule has 0 aromatic carbocycles. The summed E-state index contributed by atoms with van der Waals surface area (Å²) in [6.45, 7) is 0.703. The van der Waals surface area contributed by atoms with Gasteiger partial charge >= 0.3 is 0 Å². The first-order valence-electron chi connectivity index (χ1n) is 3.83. The van der Waals surface area contributed by atoms with E-state index in [1.807, 2.05) is 25.3 Å². The lowest BCUT2D eigenvalue weighted by Gasteiger charge is -1.98. The molecule has 0 aliphatic rings. The van der Waals surface area contributed by atoms with Crippen LogP contribution in [0.2, 0.25) is 0 Å². The lowest BCUT2D eigenvalue weighted by molar-refractivity contribution is 0.875. The van der Waals surface area contributed by atoms with Crippen LogP contribution in [0.5, 0.6) is 0 Å². The summed E-state index contributed by atoms with van der Waals surface area (Å²) in [5.41, 5.74) is 7.53. The van der Waals surface area contributed by atoms with Crippen LogP contribution < -0.4 is 11.1 Å². The van der Waals surface area contributed by atoms with E-state index < -0.39 is 0 Å². The molecule has 1 aromatic heterocycles. The van der Waals surface area contributed by atoms with Crippen LogP contribution in [0.3, 0.4) is 0 Å². The van der Waals surface area contributed by atoms with Gasteiger partial charge in [0.1, 0.15) is 0 Å². The van der Waals surface area contributed by atoms with Gasteiger partial charge in [-0.15, -0.1) is 0 Å². The molecule has 3 nitrogen and oxygen atoms in total.